The standard InChI is InChI=1S/C15H26N2O2/c1-3-14(12-18-9-5-7-16)11-15(4-2)13-19-10-6-8-17/h14-15H,3-6,9-13H2,1-2H3. The Balaban J connectivity index is 3.83. The number of ether oxygens (including phenoxy) is 2. The smallest absolute Gasteiger partial charge is 0.0645 e. The highest BCUT2D eigenvalue weighted by Gasteiger charge is 2.14. The molecule has 0 radical (unpaired) electrons. The van der Waals surface area contributed by atoms with Crippen LogP contribution in [-0.4, -0.2) is 26.4 Å². The fourth-order valence-corrected chi connectivity index (χ4v) is 1.91. The topological polar surface area (TPSA) is 66.0 Å². The normalized spacial score (nSPS) is 13.5. The van der Waals surface area contributed by atoms with Gasteiger partial charge >= 0.3 is 0 Å². The number of hydrogen-bond donors (Lipinski definition) is 0. The van der Waals surface area contributed by atoms with Crippen LogP contribution >= 0.6 is 0 Å². The van der Waals surface area contributed by atoms with E-state index in [2.05, 4.69) is 26.0 Å². The van der Waals surface area contributed by atoms with Crippen molar-refractivity contribution < 1.29 is 9.47 Å². The third-order valence-corrected chi connectivity index (χ3v) is 3.24. The van der Waals surface area contributed by atoms with Gasteiger partial charge in [-0.1, -0.05) is 26.7 Å². The van der Waals surface area contributed by atoms with E-state index in [0.717, 1.165) is 32.5 Å². The highest BCUT2D eigenvalue weighted by molar-refractivity contribution is 4.69. The Kier molecular flexibility index (Phi) is 12.6. The Bertz CT molecular complexity index is 253. The average molecular weight is 266 g/mol. The third kappa shape index (κ3) is 10.5. The van der Waals surface area contributed by atoms with E-state index in [1.54, 1.807) is 0 Å². The van der Waals surface area contributed by atoms with Gasteiger partial charge in [0.05, 0.1) is 38.2 Å². The molecule has 0 aromatic heterocycles. The van der Waals surface area contributed by atoms with Crippen LogP contribution in [0.3, 0.4) is 0 Å². The molecule has 4 nitrogen and oxygen atoms in total. The van der Waals surface area contributed by atoms with Crippen molar-refractivity contribution in [3.8, 4) is 12.1 Å². The lowest BCUT2D eigenvalue weighted by Gasteiger charge is -2.21. The molecule has 0 aromatic rings. The van der Waals surface area contributed by atoms with Crippen molar-refractivity contribution in [1.82, 2.24) is 0 Å². The van der Waals surface area contributed by atoms with Crippen molar-refractivity contribution in [2.24, 2.45) is 11.8 Å². The summed E-state index contributed by atoms with van der Waals surface area (Å²) >= 11 is 0. The first-order valence-electron chi connectivity index (χ1n) is 7.17. The van der Waals surface area contributed by atoms with Crippen LogP contribution in [0.5, 0.6) is 0 Å². The molecule has 0 saturated heterocycles. The third-order valence-electron chi connectivity index (χ3n) is 3.24. The number of hydrogen-bond acceptors (Lipinski definition) is 4. The minimum atomic E-state index is 0.463. The van der Waals surface area contributed by atoms with E-state index >= 15 is 0 Å². The summed E-state index contributed by atoms with van der Waals surface area (Å²) < 4.78 is 11.0. The fraction of sp³-hybridized carbons (Fsp3) is 0.867. The average Bonchev–Trinajstić information content (AvgIpc) is 2.44. The molecule has 0 rings (SSSR count). The van der Waals surface area contributed by atoms with E-state index in [0.29, 0.717) is 37.9 Å². The molecule has 0 aromatic carbocycles. The first-order valence-corrected chi connectivity index (χ1v) is 7.17. The van der Waals surface area contributed by atoms with E-state index in [9.17, 15) is 0 Å². The zero-order valence-electron chi connectivity index (χ0n) is 12.2. The van der Waals surface area contributed by atoms with Crippen LogP contribution < -0.4 is 0 Å². The molecule has 108 valence electrons. The summed E-state index contributed by atoms with van der Waals surface area (Å²) in [5, 5.41) is 16.9. The molecule has 0 saturated carbocycles. The molecule has 0 N–H and O–H groups in total. The van der Waals surface area contributed by atoms with E-state index < -0.39 is 0 Å². The molecule has 0 heterocycles. The molecule has 0 spiro atoms. The van der Waals surface area contributed by atoms with Gasteiger partial charge in [-0.25, -0.2) is 0 Å². The zero-order valence-corrected chi connectivity index (χ0v) is 12.2. The quantitative estimate of drug-likeness (QED) is 0.508. The highest BCUT2D eigenvalue weighted by atomic mass is 16.5. The van der Waals surface area contributed by atoms with Crippen molar-refractivity contribution in [2.45, 2.75) is 46.0 Å². The van der Waals surface area contributed by atoms with Gasteiger partial charge < -0.3 is 9.47 Å². The monoisotopic (exact) mass is 266 g/mol. The molecule has 0 aliphatic rings. The Morgan fingerprint density at radius 1 is 0.842 bits per heavy atom. The molecule has 4 heteroatoms. The number of nitriles is 2. The molecule has 2 unspecified atom stereocenters. The number of nitrogens with zero attached hydrogens (tertiary/aromatic N) is 2. The predicted octanol–water partition coefficient (Wildman–Crippen LogP) is 3.29. The van der Waals surface area contributed by atoms with Gasteiger partial charge in [0, 0.05) is 13.2 Å². The lowest BCUT2D eigenvalue weighted by atomic mass is 9.92. The summed E-state index contributed by atoms with van der Waals surface area (Å²) in [6, 6.07) is 4.16. The van der Waals surface area contributed by atoms with Crippen molar-refractivity contribution in [2.75, 3.05) is 26.4 Å². The van der Waals surface area contributed by atoms with Crippen molar-refractivity contribution >= 4 is 0 Å². The van der Waals surface area contributed by atoms with Crippen LogP contribution in [0.1, 0.15) is 46.0 Å². The summed E-state index contributed by atoms with van der Waals surface area (Å²) in [4.78, 5) is 0. The Morgan fingerprint density at radius 2 is 1.26 bits per heavy atom. The van der Waals surface area contributed by atoms with E-state index in [1.165, 1.54) is 0 Å². The van der Waals surface area contributed by atoms with Gasteiger partial charge in [0.25, 0.3) is 0 Å². The van der Waals surface area contributed by atoms with Crippen LogP contribution in [0.2, 0.25) is 0 Å². The fourth-order valence-electron chi connectivity index (χ4n) is 1.91. The van der Waals surface area contributed by atoms with Gasteiger partial charge in [0.1, 0.15) is 0 Å². The number of rotatable bonds is 12. The van der Waals surface area contributed by atoms with Crippen LogP contribution in [0, 0.1) is 34.5 Å². The lowest BCUT2D eigenvalue weighted by molar-refractivity contribution is 0.0639. The molecule has 0 amide bonds. The summed E-state index contributed by atoms with van der Waals surface area (Å²) in [5.41, 5.74) is 0. The first kappa shape index (κ1) is 17.9. The van der Waals surface area contributed by atoms with Gasteiger partial charge in [-0.15, -0.1) is 0 Å². The second-order valence-corrected chi connectivity index (χ2v) is 4.75. The van der Waals surface area contributed by atoms with Crippen molar-refractivity contribution in [3.05, 3.63) is 0 Å². The van der Waals surface area contributed by atoms with E-state index in [-0.39, 0.29) is 0 Å². The van der Waals surface area contributed by atoms with E-state index in [1.807, 2.05) is 0 Å². The van der Waals surface area contributed by atoms with E-state index in [4.69, 9.17) is 20.0 Å². The summed E-state index contributed by atoms with van der Waals surface area (Å²) in [7, 11) is 0. The first-order chi connectivity index (χ1) is 9.28. The van der Waals surface area contributed by atoms with Crippen LogP contribution in [0.15, 0.2) is 0 Å². The van der Waals surface area contributed by atoms with Gasteiger partial charge in [0.2, 0.25) is 0 Å². The van der Waals surface area contributed by atoms with Crippen molar-refractivity contribution in [1.29, 1.82) is 10.5 Å². The molecule has 0 aliphatic heterocycles. The molecule has 0 fully saturated rings. The molecule has 0 bridgehead atoms. The van der Waals surface area contributed by atoms with Gasteiger partial charge in [-0.05, 0) is 18.3 Å². The summed E-state index contributed by atoms with van der Waals surface area (Å²) in [6.07, 6.45) is 4.18. The van der Waals surface area contributed by atoms with Crippen LogP contribution in [0.4, 0.5) is 0 Å². The molecule has 2 atom stereocenters. The molecular formula is C15H26N2O2. The van der Waals surface area contributed by atoms with Crippen LogP contribution in [0.25, 0.3) is 0 Å². The largest absolute Gasteiger partial charge is 0.380 e. The van der Waals surface area contributed by atoms with Crippen LogP contribution in [-0.2, 0) is 9.47 Å². The maximum absolute atomic E-state index is 8.44. The molecule has 0 aliphatic carbocycles. The molecular weight excluding hydrogens is 240 g/mol. The second kappa shape index (κ2) is 13.3. The van der Waals surface area contributed by atoms with Crippen molar-refractivity contribution in [3.63, 3.8) is 0 Å². The molecule has 19 heavy (non-hydrogen) atoms. The Labute approximate surface area is 117 Å². The van der Waals surface area contributed by atoms with Gasteiger partial charge in [0.15, 0.2) is 0 Å². The highest BCUT2D eigenvalue weighted by Crippen LogP contribution is 2.19. The minimum absolute atomic E-state index is 0.463. The lowest BCUT2D eigenvalue weighted by Crippen LogP contribution is -2.18. The Hall–Kier alpha value is -1.10. The predicted molar refractivity (Wildman–Crippen MR) is 74.3 cm³/mol. The van der Waals surface area contributed by atoms with Gasteiger partial charge in [-0.2, -0.15) is 10.5 Å². The Morgan fingerprint density at radius 3 is 1.58 bits per heavy atom. The summed E-state index contributed by atoms with van der Waals surface area (Å²) in [5.74, 6) is 1.06. The summed E-state index contributed by atoms with van der Waals surface area (Å²) in [6.45, 7) is 6.85. The second-order valence-electron chi connectivity index (χ2n) is 4.75. The van der Waals surface area contributed by atoms with Gasteiger partial charge in [-0.3, -0.25) is 0 Å². The SMILES string of the molecule is CCC(COCCC#N)CC(CC)COCCC#N. The maximum atomic E-state index is 8.44. The maximum Gasteiger partial charge on any atom is 0.0645 e. The minimum Gasteiger partial charge on any atom is -0.380 e. The zero-order chi connectivity index (χ0) is 14.3.